The third-order valence-corrected chi connectivity index (χ3v) is 5.25. The number of hydrogen-bond acceptors (Lipinski definition) is 5. The van der Waals surface area contributed by atoms with E-state index in [4.69, 9.17) is 20.4 Å². The molecule has 0 spiro atoms. The van der Waals surface area contributed by atoms with Crippen molar-refractivity contribution in [1.29, 1.82) is 0 Å². The van der Waals surface area contributed by atoms with E-state index in [9.17, 15) is 4.79 Å². The summed E-state index contributed by atoms with van der Waals surface area (Å²) >= 11 is 0. The molecule has 1 amide bonds. The number of carbonyl (C=O) groups excluding carboxylic acids is 1. The van der Waals surface area contributed by atoms with Gasteiger partial charge in [0.2, 0.25) is 0 Å². The van der Waals surface area contributed by atoms with Crippen LogP contribution in [0.4, 0.5) is 10.6 Å². The van der Waals surface area contributed by atoms with Crippen LogP contribution in [0.1, 0.15) is 12.8 Å². The molecule has 0 aliphatic carbocycles. The highest BCUT2D eigenvalue weighted by molar-refractivity contribution is 5.78. The number of benzene rings is 2. The molecule has 0 bridgehead atoms. The standard InChI is InChI=1S/C23H24N4O2/c24-23(28)29-16-17-11-13-27(14-12-17)20-15-25-21(18-7-3-1-4-8-18)22(26-20)19-9-5-2-6-10-19/h1-10,15,17H,11-14,16H2,(H2,24,28). The average molecular weight is 388 g/mol. The van der Waals surface area contributed by atoms with E-state index in [1.54, 1.807) is 0 Å². The zero-order chi connectivity index (χ0) is 20.1. The summed E-state index contributed by atoms with van der Waals surface area (Å²) in [4.78, 5) is 22.9. The van der Waals surface area contributed by atoms with E-state index in [1.165, 1.54) is 0 Å². The van der Waals surface area contributed by atoms with Gasteiger partial charge in [-0.3, -0.25) is 4.98 Å². The Labute approximate surface area is 170 Å². The molecule has 1 fully saturated rings. The first-order valence-corrected chi connectivity index (χ1v) is 9.86. The fourth-order valence-corrected chi connectivity index (χ4v) is 3.67. The second-order valence-electron chi connectivity index (χ2n) is 7.22. The number of nitrogens with two attached hydrogens (primary N) is 1. The van der Waals surface area contributed by atoms with Gasteiger partial charge in [0.05, 0.1) is 24.2 Å². The third kappa shape index (κ3) is 4.54. The van der Waals surface area contributed by atoms with Gasteiger partial charge in [-0.2, -0.15) is 0 Å². The van der Waals surface area contributed by atoms with Crippen LogP contribution in [0.15, 0.2) is 66.9 Å². The van der Waals surface area contributed by atoms with Crippen molar-refractivity contribution in [3.63, 3.8) is 0 Å². The molecule has 0 unspecified atom stereocenters. The van der Waals surface area contributed by atoms with Crippen LogP contribution in [0, 0.1) is 5.92 Å². The number of carbonyl (C=O) groups is 1. The molecule has 2 heterocycles. The molecule has 1 aromatic heterocycles. The van der Waals surface area contributed by atoms with E-state index in [-0.39, 0.29) is 0 Å². The van der Waals surface area contributed by atoms with E-state index in [0.29, 0.717) is 12.5 Å². The highest BCUT2D eigenvalue weighted by Crippen LogP contribution is 2.31. The predicted octanol–water partition coefficient (Wildman–Crippen LogP) is 4.12. The van der Waals surface area contributed by atoms with Crippen molar-refractivity contribution in [3.05, 3.63) is 66.9 Å². The quantitative estimate of drug-likeness (QED) is 0.711. The summed E-state index contributed by atoms with van der Waals surface area (Å²) < 4.78 is 4.96. The lowest BCUT2D eigenvalue weighted by molar-refractivity contribution is 0.129. The minimum absolute atomic E-state index is 0.337. The van der Waals surface area contributed by atoms with Gasteiger partial charge in [0.25, 0.3) is 0 Å². The Morgan fingerprint density at radius 2 is 1.55 bits per heavy atom. The molecular formula is C23H24N4O2. The summed E-state index contributed by atoms with van der Waals surface area (Å²) in [5, 5.41) is 0. The molecule has 0 atom stereocenters. The smallest absolute Gasteiger partial charge is 0.404 e. The van der Waals surface area contributed by atoms with Crippen molar-refractivity contribution in [2.24, 2.45) is 11.7 Å². The Kier molecular flexibility index (Phi) is 5.70. The van der Waals surface area contributed by atoms with Crippen molar-refractivity contribution >= 4 is 11.9 Å². The van der Waals surface area contributed by atoms with Crippen molar-refractivity contribution in [1.82, 2.24) is 9.97 Å². The van der Waals surface area contributed by atoms with E-state index in [1.807, 2.05) is 42.6 Å². The lowest BCUT2D eigenvalue weighted by Gasteiger charge is -2.32. The zero-order valence-electron chi connectivity index (χ0n) is 16.2. The Morgan fingerprint density at radius 3 is 2.14 bits per heavy atom. The van der Waals surface area contributed by atoms with Gasteiger partial charge in [-0.05, 0) is 18.8 Å². The first-order valence-electron chi connectivity index (χ1n) is 9.86. The number of rotatable bonds is 5. The number of anilines is 1. The van der Waals surface area contributed by atoms with Gasteiger partial charge < -0.3 is 15.4 Å². The summed E-state index contributed by atoms with van der Waals surface area (Å²) in [6, 6.07) is 20.3. The Bertz CT molecular complexity index is 955. The van der Waals surface area contributed by atoms with Gasteiger partial charge in [0, 0.05) is 24.2 Å². The predicted molar refractivity (Wildman–Crippen MR) is 113 cm³/mol. The molecule has 0 radical (unpaired) electrons. The van der Waals surface area contributed by atoms with Gasteiger partial charge in [0.1, 0.15) is 5.82 Å². The number of primary amides is 1. The third-order valence-electron chi connectivity index (χ3n) is 5.25. The minimum atomic E-state index is -0.706. The molecule has 0 saturated carbocycles. The maximum absolute atomic E-state index is 10.8. The zero-order valence-corrected chi connectivity index (χ0v) is 16.2. The van der Waals surface area contributed by atoms with Crippen LogP contribution in [0.5, 0.6) is 0 Å². The van der Waals surface area contributed by atoms with Crippen molar-refractivity contribution in [2.75, 3.05) is 24.6 Å². The van der Waals surface area contributed by atoms with Crippen LogP contribution in [-0.4, -0.2) is 35.8 Å². The molecule has 1 aliphatic heterocycles. The highest BCUT2D eigenvalue weighted by Gasteiger charge is 2.22. The molecule has 148 valence electrons. The Balaban J connectivity index is 1.59. The normalized spacial score (nSPS) is 14.6. The first kappa shape index (κ1) is 18.9. The fraction of sp³-hybridized carbons (Fsp3) is 0.261. The van der Waals surface area contributed by atoms with Gasteiger partial charge in [0.15, 0.2) is 0 Å². The largest absolute Gasteiger partial charge is 0.449 e. The average Bonchev–Trinajstić information content (AvgIpc) is 2.79. The first-order chi connectivity index (χ1) is 14.2. The Morgan fingerprint density at radius 1 is 0.966 bits per heavy atom. The molecule has 2 N–H and O–H groups in total. The number of ether oxygens (including phenoxy) is 1. The summed E-state index contributed by atoms with van der Waals surface area (Å²) in [6.45, 7) is 2.08. The van der Waals surface area contributed by atoms with E-state index >= 15 is 0 Å². The van der Waals surface area contributed by atoms with E-state index in [0.717, 1.165) is 54.3 Å². The topological polar surface area (TPSA) is 81.3 Å². The summed E-state index contributed by atoms with van der Waals surface area (Å²) in [5.74, 6) is 1.21. The maximum Gasteiger partial charge on any atom is 0.404 e. The number of piperidine rings is 1. The van der Waals surface area contributed by atoms with Crippen LogP contribution >= 0.6 is 0 Å². The number of amides is 1. The van der Waals surface area contributed by atoms with Gasteiger partial charge in [-0.15, -0.1) is 0 Å². The maximum atomic E-state index is 10.8. The van der Waals surface area contributed by atoms with E-state index < -0.39 is 6.09 Å². The number of hydrogen-bond donors (Lipinski definition) is 1. The molecule has 6 nitrogen and oxygen atoms in total. The summed E-state index contributed by atoms with van der Waals surface area (Å²) in [5.41, 5.74) is 8.93. The molecule has 6 heteroatoms. The molecular weight excluding hydrogens is 364 g/mol. The molecule has 1 aliphatic rings. The van der Waals surface area contributed by atoms with Crippen LogP contribution in [0.2, 0.25) is 0 Å². The molecule has 2 aromatic carbocycles. The Hall–Kier alpha value is -3.41. The monoisotopic (exact) mass is 388 g/mol. The SMILES string of the molecule is NC(=O)OCC1CCN(c2cnc(-c3ccccc3)c(-c3ccccc3)n2)CC1. The highest BCUT2D eigenvalue weighted by atomic mass is 16.5. The van der Waals surface area contributed by atoms with Crippen LogP contribution < -0.4 is 10.6 Å². The fourth-order valence-electron chi connectivity index (χ4n) is 3.67. The van der Waals surface area contributed by atoms with Gasteiger partial charge in [-0.1, -0.05) is 60.7 Å². The van der Waals surface area contributed by atoms with Crippen molar-refractivity contribution in [2.45, 2.75) is 12.8 Å². The molecule has 29 heavy (non-hydrogen) atoms. The van der Waals surface area contributed by atoms with Crippen molar-refractivity contribution in [3.8, 4) is 22.5 Å². The number of nitrogens with zero attached hydrogens (tertiary/aromatic N) is 3. The summed E-state index contributed by atoms with van der Waals surface area (Å²) in [6.07, 6.45) is 3.00. The van der Waals surface area contributed by atoms with Crippen LogP contribution in [0.25, 0.3) is 22.5 Å². The molecule has 1 saturated heterocycles. The minimum Gasteiger partial charge on any atom is -0.449 e. The van der Waals surface area contributed by atoms with Crippen LogP contribution in [-0.2, 0) is 4.74 Å². The summed E-state index contributed by atoms with van der Waals surface area (Å²) in [7, 11) is 0. The van der Waals surface area contributed by atoms with Crippen molar-refractivity contribution < 1.29 is 9.53 Å². The van der Waals surface area contributed by atoms with Gasteiger partial charge in [-0.25, -0.2) is 9.78 Å². The van der Waals surface area contributed by atoms with Gasteiger partial charge >= 0.3 is 6.09 Å². The van der Waals surface area contributed by atoms with Crippen LogP contribution in [0.3, 0.4) is 0 Å². The molecule has 4 rings (SSSR count). The molecule has 3 aromatic rings. The van der Waals surface area contributed by atoms with E-state index in [2.05, 4.69) is 29.2 Å². The second-order valence-corrected chi connectivity index (χ2v) is 7.22. The lowest BCUT2D eigenvalue weighted by atomic mass is 9.98. The number of aromatic nitrogens is 2. The lowest BCUT2D eigenvalue weighted by Crippen LogP contribution is -2.36. The second kappa shape index (κ2) is 8.73.